The highest BCUT2D eigenvalue weighted by molar-refractivity contribution is 5.97. The summed E-state index contributed by atoms with van der Waals surface area (Å²) in [5.74, 6) is 0.647. The van der Waals surface area contributed by atoms with E-state index in [4.69, 9.17) is 9.47 Å². The summed E-state index contributed by atoms with van der Waals surface area (Å²) in [6.45, 7) is 3.80. The van der Waals surface area contributed by atoms with Gasteiger partial charge in [0.1, 0.15) is 0 Å². The number of carbonyl (C=O) groups is 2. The first-order valence-electron chi connectivity index (χ1n) is 8.05. The van der Waals surface area contributed by atoms with Crippen LogP contribution in [0.4, 0.5) is 5.69 Å². The number of nitrogens with one attached hydrogen (secondary N) is 2. The van der Waals surface area contributed by atoms with Crippen molar-refractivity contribution in [2.75, 3.05) is 19.0 Å². The van der Waals surface area contributed by atoms with Crippen molar-refractivity contribution in [2.24, 2.45) is 5.10 Å². The molecule has 2 aromatic carbocycles. The fraction of sp³-hybridized carbons (Fsp3) is 0.211. The van der Waals surface area contributed by atoms with Gasteiger partial charge in [0, 0.05) is 18.2 Å². The first-order valence-corrected chi connectivity index (χ1v) is 8.05. The van der Waals surface area contributed by atoms with Gasteiger partial charge < -0.3 is 14.8 Å². The molecule has 0 saturated carbocycles. The van der Waals surface area contributed by atoms with E-state index in [9.17, 15) is 9.59 Å². The first kappa shape index (κ1) is 19.0. The maximum atomic E-state index is 12.2. The molecular weight excluding hydrogens is 334 g/mol. The van der Waals surface area contributed by atoms with Gasteiger partial charge in [0.2, 0.25) is 5.91 Å². The molecular formula is C19H21N3O4. The number of hydrogen-bond donors (Lipinski definition) is 2. The average molecular weight is 355 g/mol. The van der Waals surface area contributed by atoms with Crippen molar-refractivity contribution in [1.82, 2.24) is 5.43 Å². The van der Waals surface area contributed by atoms with Crippen LogP contribution in [0.1, 0.15) is 29.8 Å². The van der Waals surface area contributed by atoms with E-state index in [1.54, 1.807) is 49.6 Å². The highest BCUT2D eigenvalue weighted by Crippen LogP contribution is 2.27. The van der Waals surface area contributed by atoms with Crippen LogP contribution >= 0.6 is 0 Å². The van der Waals surface area contributed by atoms with Gasteiger partial charge in [-0.15, -0.1) is 0 Å². The van der Waals surface area contributed by atoms with Crippen LogP contribution in [0.15, 0.2) is 47.6 Å². The van der Waals surface area contributed by atoms with Crippen LogP contribution in [0.25, 0.3) is 0 Å². The number of methoxy groups -OCH3 is 1. The molecule has 0 fully saturated rings. The van der Waals surface area contributed by atoms with Crippen molar-refractivity contribution < 1.29 is 19.1 Å². The monoisotopic (exact) mass is 355 g/mol. The molecule has 2 aromatic rings. The predicted octanol–water partition coefficient (Wildman–Crippen LogP) is 2.82. The van der Waals surface area contributed by atoms with Crippen LogP contribution in [0.2, 0.25) is 0 Å². The molecule has 2 amide bonds. The molecule has 7 nitrogen and oxygen atoms in total. The average Bonchev–Trinajstić information content (AvgIpc) is 2.62. The quantitative estimate of drug-likeness (QED) is 0.590. The Labute approximate surface area is 152 Å². The molecule has 26 heavy (non-hydrogen) atoms. The zero-order valence-electron chi connectivity index (χ0n) is 14.9. The summed E-state index contributed by atoms with van der Waals surface area (Å²) < 4.78 is 10.7. The Morgan fingerprint density at radius 3 is 2.65 bits per heavy atom. The third kappa shape index (κ3) is 5.34. The Kier molecular flexibility index (Phi) is 6.73. The van der Waals surface area contributed by atoms with E-state index in [1.807, 2.05) is 6.92 Å². The van der Waals surface area contributed by atoms with Gasteiger partial charge in [0.05, 0.1) is 19.9 Å². The van der Waals surface area contributed by atoms with Gasteiger partial charge in [-0.2, -0.15) is 5.10 Å². The SMILES string of the molecule is CCOc1cc(C=NNC(=O)c2cccc(NC(C)=O)c2)ccc1OC. The van der Waals surface area contributed by atoms with Crippen molar-refractivity contribution in [3.05, 3.63) is 53.6 Å². The summed E-state index contributed by atoms with van der Waals surface area (Å²) in [6, 6.07) is 11.9. The third-order valence-corrected chi connectivity index (χ3v) is 3.31. The maximum Gasteiger partial charge on any atom is 0.271 e. The van der Waals surface area contributed by atoms with Gasteiger partial charge in [-0.1, -0.05) is 6.07 Å². The second-order valence-electron chi connectivity index (χ2n) is 5.30. The molecule has 136 valence electrons. The second kappa shape index (κ2) is 9.22. The van der Waals surface area contributed by atoms with Gasteiger partial charge in [-0.25, -0.2) is 5.43 Å². The molecule has 0 spiro atoms. The van der Waals surface area contributed by atoms with Gasteiger partial charge in [-0.05, 0) is 48.9 Å². The van der Waals surface area contributed by atoms with Crippen LogP contribution in [0, 0.1) is 0 Å². The van der Waals surface area contributed by atoms with E-state index in [1.165, 1.54) is 13.1 Å². The van der Waals surface area contributed by atoms with E-state index in [0.717, 1.165) is 5.56 Å². The van der Waals surface area contributed by atoms with E-state index < -0.39 is 0 Å². The maximum absolute atomic E-state index is 12.2. The van der Waals surface area contributed by atoms with Crippen molar-refractivity contribution in [1.29, 1.82) is 0 Å². The number of carbonyl (C=O) groups excluding carboxylic acids is 2. The lowest BCUT2D eigenvalue weighted by atomic mass is 10.2. The predicted molar refractivity (Wildman–Crippen MR) is 100.0 cm³/mol. The molecule has 0 aliphatic rings. The normalized spacial score (nSPS) is 10.4. The molecule has 0 heterocycles. The number of hydrazone groups is 1. The van der Waals surface area contributed by atoms with E-state index in [-0.39, 0.29) is 11.8 Å². The van der Waals surface area contributed by atoms with Crippen molar-refractivity contribution >= 4 is 23.7 Å². The van der Waals surface area contributed by atoms with Crippen molar-refractivity contribution in [3.8, 4) is 11.5 Å². The summed E-state index contributed by atoms with van der Waals surface area (Å²) in [6.07, 6.45) is 1.51. The fourth-order valence-electron chi connectivity index (χ4n) is 2.21. The molecule has 0 aliphatic carbocycles. The Balaban J connectivity index is 2.05. The van der Waals surface area contributed by atoms with E-state index in [0.29, 0.717) is 29.4 Å². The second-order valence-corrected chi connectivity index (χ2v) is 5.30. The largest absolute Gasteiger partial charge is 0.493 e. The number of amides is 2. The molecule has 2 N–H and O–H groups in total. The lowest BCUT2D eigenvalue weighted by Gasteiger charge is -2.09. The van der Waals surface area contributed by atoms with Crippen molar-refractivity contribution in [2.45, 2.75) is 13.8 Å². The molecule has 0 aromatic heterocycles. The minimum absolute atomic E-state index is 0.204. The minimum Gasteiger partial charge on any atom is -0.493 e. The Morgan fingerprint density at radius 1 is 1.15 bits per heavy atom. The topological polar surface area (TPSA) is 89.0 Å². The summed E-state index contributed by atoms with van der Waals surface area (Å²) in [4.78, 5) is 23.2. The lowest BCUT2D eigenvalue weighted by molar-refractivity contribution is -0.114. The Morgan fingerprint density at radius 2 is 1.96 bits per heavy atom. The summed E-state index contributed by atoms with van der Waals surface area (Å²) in [7, 11) is 1.57. The Bertz CT molecular complexity index is 818. The van der Waals surface area contributed by atoms with E-state index in [2.05, 4.69) is 15.8 Å². The molecule has 0 aliphatic heterocycles. The Hall–Kier alpha value is -3.35. The first-order chi connectivity index (χ1) is 12.5. The number of anilines is 1. The van der Waals surface area contributed by atoms with Crippen LogP contribution in [0.5, 0.6) is 11.5 Å². The molecule has 0 radical (unpaired) electrons. The van der Waals surface area contributed by atoms with Crippen LogP contribution < -0.4 is 20.2 Å². The van der Waals surface area contributed by atoms with E-state index >= 15 is 0 Å². The van der Waals surface area contributed by atoms with Gasteiger partial charge in [0.25, 0.3) is 5.91 Å². The fourth-order valence-corrected chi connectivity index (χ4v) is 2.21. The molecule has 0 atom stereocenters. The summed E-state index contributed by atoms with van der Waals surface area (Å²) >= 11 is 0. The number of hydrogen-bond acceptors (Lipinski definition) is 5. The van der Waals surface area contributed by atoms with Crippen LogP contribution in [-0.4, -0.2) is 31.7 Å². The van der Waals surface area contributed by atoms with Gasteiger partial charge in [0.15, 0.2) is 11.5 Å². The standard InChI is InChI=1S/C19H21N3O4/c1-4-26-18-10-14(8-9-17(18)25-3)12-20-22-19(24)15-6-5-7-16(11-15)21-13(2)23/h5-12H,4H2,1-3H3,(H,21,23)(H,22,24). The third-order valence-electron chi connectivity index (χ3n) is 3.31. The molecule has 7 heteroatoms. The molecule has 0 saturated heterocycles. The van der Waals surface area contributed by atoms with Crippen LogP contribution in [-0.2, 0) is 4.79 Å². The van der Waals surface area contributed by atoms with Crippen LogP contribution in [0.3, 0.4) is 0 Å². The summed E-state index contributed by atoms with van der Waals surface area (Å²) in [5, 5.41) is 6.58. The number of benzene rings is 2. The summed E-state index contributed by atoms with van der Waals surface area (Å²) in [5.41, 5.74) is 4.14. The highest BCUT2D eigenvalue weighted by atomic mass is 16.5. The number of ether oxygens (including phenoxy) is 2. The number of nitrogens with zero attached hydrogens (tertiary/aromatic N) is 1. The number of rotatable bonds is 7. The zero-order chi connectivity index (χ0) is 18.9. The van der Waals surface area contributed by atoms with Gasteiger partial charge in [-0.3, -0.25) is 9.59 Å². The molecule has 2 rings (SSSR count). The molecule has 0 unspecified atom stereocenters. The van der Waals surface area contributed by atoms with Crippen molar-refractivity contribution in [3.63, 3.8) is 0 Å². The lowest BCUT2D eigenvalue weighted by Crippen LogP contribution is -2.18. The zero-order valence-corrected chi connectivity index (χ0v) is 14.9. The van der Waals surface area contributed by atoms with Gasteiger partial charge >= 0.3 is 0 Å². The molecule has 0 bridgehead atoms. The smallest absolute Gasteiger partial charge is 0.271 e. The minimum atomic E-state index is -0.382. The highest BCUT2D eigenvalue weighted by Gasteiger charge is 2.07.